The molecule has 6 heteroatoms. The zero-order chi connectivity index (χ0) is 18.2. The number of ether oxygens (including phenoxy) is 3. The van der Waals surface area contributed by atoms with Gasteiger partial charge in [0.05, 0.1) is 26.9 Å². The Morgan fingerprint density at radius 3 is 2.36 bits per heavy atom. The Labute approximate surface area is 147 Å². The third-order valence-electron chi connectivity index (χ3n) is 3.68. The van der Waals surface area contributed by atoms with Gasteiger partial charge in [-0.1, -0.05) is 6.07 Å². The Kier molecular flexibility index (Phi) is 6.65. The van der Waals surface area contributed by atoms with Gasteiger partial charge in [0.2, 0.25) is 0 Å². The number of rotatable bonds is 8. The van der Waals surface area contributed by atoms with Gasteiger partial charge in [0.25, 0.3) is 5.91 Å². The van der Waals surface area contributed by atoms with Crippen molar-refractivity contribution in [3.63, 3.8) is 0 Å². The van der Waals surface area contributed by atoms with Crippen LogP contribution in [0.4, 0.5) is 0 Å². The molecule has 6 nitrogen and oxygen atoms in total. The first kappa shape index (κ1) is 18.6. The smallest absolute Gasteiger partial charge is 0.251 e. The molecule has 2 N–H and O–H groups in total. The van der Waals surface area contributed by atoms with Crippen LogP contribution in [0.5, 0.6) is 17.2 Å². The van der Waals surface area contributed by atoms with Crippen molar-refractivity contribution in [3.05, 3.63) is 53.6 Å². The van der Waals surface area contributed by atoms with Crippen molar-refractivity contribution in [1.82, 2.24) is 5.32 Å². The van der Waals surface area contributed by atoms with Gasteiger partial charge >= 0.3 is 0 Å². The first-order valence-electron chi connectivity index (χ1n) is 8.00. The Balaban J connectivity index is 1.96. The number of benzene rings is 2. The van der Waals surface area contributed by atoms with E-state index in [9.17, 15) is 9.90 Å². The van der Waals surface area contributed by atoms with Gasteiger partial charge in [-0.05, 0) is 48.9 Å². The summed E-state index contributed by atoms with van der Waals surface area (Å²) in [5.41, 5.74) is 1.13. The minimum atomic E-state index is -0.855. The molecule has 0 radical (unpaired) electrons. The Hall–Kier alpha value is -2.73. The molecule has 25 heavy (non-hydrogen) atoms. The van der Waals surface area contributed by atoms with E-state index in [4.69, 9.17) is 14.2 Å². The summed E-state index contributed by atoms with van der Waals surface area (Å²) < 4.78 is 15.7. The fourth-order valence-electron chi connectivity index (χ4n) is 2.34. The Morgan fingerprint density at radius 1 is 1.08 bits per heavy atom. The van der Waals surface area contributed by atoms with Crippen LogP contribution < -0.4 is 19.5 Å². The number of carbonyl (C=O) groups excluding carboxylic acids is 1. The number of hydrogen-bond donors (Lipinski definition) is 2. The monoisotopic (exact) mass is 345 g/mol. The van der Waals surface area contributed by atoms with Gasteiger partial charge < -0.3 is 24.6 Å². The molecule has 0 spiro atoms. The lowest BCUT2D eigenvalue weighted by Gasteiger charge is -2.15. The van der Waals surface area contributed by atoms with Gasteiger partial charge in [-0.2, -0.15) is 0 Å². The first-order valence-corrected chi connectivity index (χ1v) is 8.00. The van der Waals surface area contributed by atoms with E-state index in [-0.39, 0.29) is 12.5 Å². The summed E-state index contributed by atoms with van der Waals surface area (Å²) in [6, 6.07) is 12.0. The lowest BCUT2D eigenvalue weighted by atomic mass is 10.1. The van der Waals surface area contributed by atoms with E-state index >= 15 is 0 Å². The molecule has 0 saturated heterocycles. The second kappa shape index (κ2) is 8.94. The average Bonchev–Trinajstić information content (AvgIpc) is 2.66. The molecule has 0 saturated carbocycles. The molecule has 2 rings (SSSR count). The van der Waals surface area contributed by atoms with E-state index in [1.807, 2.05) is 6.92 Å². The SMILES string of the molecule is CCOc1ccc(C(=O)NCC(O)c2ccc(OC)c(OC)c2)cc1. The topological polar surface area (TPSA) is 77.0 Å². The van der Waals surface area contributed by atoms with Gasteiger partial charge in [-0.3, -0.25) is 4.79 Å². The molecule has 0 fully saturated rings. The minimum Gasteiger partial charge on any atom is -0.494 e. The zero-order valence-electron chi connectivity index (χ0n) is 14.6. The quantitative estimate of drug-likeness (QED) is 0.769. The van der Waals surface area contributed by atoms with Crippen molar-refractivity contribution in [2.75, 3.05) is 27.4 Å². The molecule has 0 heterocycles. The lowest BCUT2D eigenvalue weighted by molar-refractivity contribution is 0.0916. The summed E-state index contributed by atoms with van der Waals surface area (Å²) in [6.07, 6.45) is -0.855. The van der Waals surface area contributed by atoms with E-state index in [0.717, 1.165) is 0 Å². The maximum absolute atomic E-state index is 12.2. The fourth-order valence-corrected chi connectivity index (χ4v) is 2.34. The number of amides is 1. The van der Waals surface area contributed by atoms with Crippen molar-refractivity contribution in [2.45, 2.75) is 13.0 Å². The largest absolute Gasteiger partial charge is 0.494 e. The highest BCUT2D eigenvalue weighted by atomic mass is 16.5. The molecule has 0 aliphatic rings. The second-order valence-corrected chi connectivity index (χ2v) is 5.30. The van der Waals surface area contributed by atoms with E-state index < -0.39 is 6.10 Å². The van der Waals surface area contributed by atoms with Crippen molar-refractivity contribution < 1.29 is 24.1 Å². The molecule has 0 aliphatic carbocycles. The van der Waals surface area contributed by atoms with E-state index in [2.05, 4.69) is 5.32 Å². The lowest BCUT2D eigenvalue weighted by Crippen LogP contribution is -2.28. The molecule has 0 aromatic heterocycles. The predicted octanol–water partition coefficient (Wildman–Crippen LogP) is 2.57. The van der Waals surface area contributed by atoms with E-state index in [1.54, 1.807) is 49.6 Å². The molecular weight excluding hydrogens is 322 g/mol. The molecule has 2 aromatic carbocycles. The summed E-state index contributed by atoms with van der Waals surface area (Å²) >= 11 is 0. The number of carbonyl (C=O) groups is 1. The average molecular weight is 345 g/mol. The van der Waals surface area contributed by atoms with E-state index in [0.29, 0.717) is 35.0 Å². The highest BCUT2D eigenvalue weighted by molar-refractivity contribution is 5.94. The molecule has 1 amide bonds. The first-order chi connectivity index (χ1) is 12.1. The molecular formula is C19H23NO5. The van der Waals surface area contributed by atoms with Crippen molar-refractivity contribution in [1.29, 1.82) is 0 Å². The van der Waals surface area contributed by atoms with Crippen molar-refractivity contribution >= 4 is 5.91 Å². The van der Waals surface area contributed by atoms with Gasteiger partial charge in [-0.25, -0.2) is 0 Å². The molecule has 0 aliphatic heterocycles. The van der Waals surface area contributed by atoms with Crippen LogP contribution in [-0.2, 0) is 0 Å². The van der Waals surface area contributed by atoms with E-state index in [1.165, 1.54) is 7.11 Å². The van der Waals surface area contributed by atoms with Crippen LogP contribution >= 0.6 is 0 Å². The highest BCUT2D eigenvalue weighted by Crippen LogP contribution is 2.29. The zero-order valence-corrected chi connectivity index (χ0v) is 14.6. The Bertz CT molecular complexity index is 699. The molecule has 0 bridgehead atoms. The van der Waals surface area contributed by atoms with Crippen molar-refractivity contribution in [2.24, 2.45) is 0 Å². The molecule has 134 valence electrons. The maximum atomic E-state index is 12.2. The molecule has 2 aromatic rings. The second-order valence-electron chi connectivity index (χ2n) is 5.30. The summed E-state index contributed by atoms with van der Waals surface area (Å²) in [5, 5.41) is 13.0. The van der Waals surface area contributed by atoms with Crippen LogP contribution in [0.15, 0.2) is 42.5 Å². The summed E-state index contributed by atoms with van der Waals surface area (Å²) in [5.74, 6) is 1.56. The van der Waals surface area contributed by atoms with Crippen LogP contribution in [0.1, 0.15) is 28.9 Å². The van der Waals surface area contributed by atoms with Crippen LogP contribution in [-0.4, -0.2) is 38.4 Å². The summed E-state index contributed by atoms with van der Waals surface area (Å²) in [7, 11) is 3.08. The Morgan fingerprint density at radius 2 is 1.76 bits per heavy atom. The third-order valence-corrected chi connectivity index (χ3v) is 3.68. The number of hydrogen-bond acceptors (Lipinski definition) is 5. The molecule has 1 atom stereocenters. The summed E-state index contributed by atoms with van der Waals surface area (Å²) in [4.78, 5) is 12.2. The normalized spacial score (nSPS) is 11.5. The maximum Gasteiger partial charge on any atom is 0.251 e. The molecule has 1 unspecified atom stereocenters. The van der Waals surface area contributed by atoms with Gasteiger partial charge in [0.1, 0.15) is 5.75 Å². The van der Waals surface area contributed by atoms with Crippen LogP contribution in [0.2, 0.25) is 0 Å². The van der Waals surface area contributed by atoms with Crippen molar-refractivity contribution in [3.8, 4) is 17.2 Å². The van der Waals surface area contributed by atoms with Gasteiger partial charge in [0.15, 0.2) is 11.5 Å². The number of nitrogens with one attached hydrogen (secondary N) is 1. The predicted molar refractivity (Wildman–Crippen MR) is 94.5 cm³/mol. The van der Waals surface area contributed by atoms with Gasteiger partial charge in [-0.15, -0.1) is 0 Å². The fraction of sp³-hybridized carbons (Fsp3) is 0.316. The van der Waals surface area contributed by atoms with Gasteiger partial charge in [0, 0.05) is 12.1 Å². The van der Waals surface area contributed by atoms with Crippen LogP contribution in [0.25, 0.3) is 0 Å². The number of aliphatic hydroxyl groups is 1. The summed E-state index contributed by atoms with van der Waals surface area (Å²) in [6.45, 7) is 2.56. The standard InChI is InChI=1S/C19H23NO5/c1-4-25-15-8-5-13(6-9-15)19(22)20-12-16(21)14-7-10-17(23-2)18(11-14)24-3/h5-11,16,21H,4,12H2,1-3H3,(H,20,22). The van der Waals surface area contributed by atoms with Crippen LogP contribution in [0.3, 0.4) is 0 Å². The highest BCUT2D eigenvalue weighted by Gasteiger charge is 2.13. The third kappa shape index (κ3) is 4.87. The van der Waals surface area contributed by atoms with Crippen LogP contribution in [0, 0.1) is 0 Å². The number of aliphatic hydroxyl groups excluding tert-OH is 1. The minimum absolute atomic E-state index is 0.0848. The number of methoxy groups -OCH3 is 2.